The molecule has 0 atom stereocenters. The molecule has 0 unspecified atom stereocenters. The van der Waals surface area contributed by atoms with Crippen molar-refractivity contribution >= 4 is 42.3 Å². The molecule has 2 saturated heterocycles. The van der Waals surface area contributed by atoms with E-state index in [2.05, 4.69) is 20.0 Å². The molecule has 0 saturated carbocycles. The number of nitrogens with two attached hydrogens (primary N) is 1. The zero-order chi connectivity index (χ0) is 18.1. The Morgan fingerprint density at radius 1 is 1.21 bits per heavy atom. The molecule has 2 aromatic heterocycles. The molecule has 2 aliphatic heterocycles. The summed E-state index contributed by atoms with van der Waals surface area (Å²) in [4.78, 5) is 25.9. The summed E-state index contributed by atoms with van der Waals surface area (Å²) in [6, 6.07) is 2.01. The van der Waals surface area contributed by atoms with E-state index in [9.17, 15) is 4.79 Å². The number of piperazine rings is 1. The maximum absolute atomic E-state index is 13.1. The smallest absolute Gasteiger partial charge is 0.254 e. The number of amides is 1. The first-order chi connectivity index (χ1) is 12.6. The first-order valence-electron chi connectivity index (χ1n) is 9.12. The summed E-state index contributed by atoms with van der Waals surface area (Å²) in [6.07, 6.45) is 2.94. The summed E-state index contributed by atoms with van der Waals surface area (Å²) in [7, 11) is 0. The van der Waals surface area contributed by atoms with Gasteiger partial charge in [0.2, 0.25) is 5.91 Å². The molecule has 4 heterocycles. The Bertz CT molecular complexity index is 802. The van der Waals surface area contributed by atoms with Gasteiger partial charge in [-0.3, -0.25) is 4.79 Å². The Kier molecular flexibility index (Phi) is 7.44. The van der Waals surface area contributed by atoms with Crippen LogP contribution >= 0.6 is 24.8 Å². The molecule has 28 heavy (non-hydrogen) atoms. The second-order valence-electron chi connectivity index (χ2n) is 7.10. The fraction of sp³-hybridized carbons (Fsp3) is 0.647. The lowest BCUT2D eigenvalue weighted by Gasteiger charge is -2.42. The number of halogens is 2. The Morgan fingerprint density at radius 3 is 2.54 bits per heavy atom. The highest BCUT2D eigenvalue weighted by Crippen LogP contribution is 2.32. The number of hydrogen-bond donors (Lipinski definition) is 1. The molecule has 2 fully saturated rings. The van der Waals surface area contributed by atoms with Crippen LogP contribution in [0.25, 0.3) is 5.78 Å². The number of aryl methyl sites for hydroxylation is 1. The van der Waals surface area contributed by atoms with Gasteiger partial charge in [0.25, 0.3) is 5.78 Å². The third-order valence-electron chi connectivity index (χ3n) is 5.55. The molecule has 9 nitrogen and oxygen atoms in total. The van der Waals surface area contributed by atoms with E-state index in [-0.39, 0.29) is 30.7 Å². The van der Waals surface area contributed by atoms with Crippen molar-refractivity contribution in [2.24, 2.45) is 11.1 Å². The minimum absolute atomic E-state index is 0. The monoisotopic (exact) mass is 431 g/mol. The number of hydrogen-bond acceptors (Lipinski definition) is 7. The molecular formula is C17H27Cl2N7O2. The molecule has 4 rings (SSSR count). The zero-order valence-corrected chi connectivity index (χ0v) is 17.5. The van der Waals surface area contributed by atoms with Gasteiger partial charge in [0.1, 0.15) is 12.1 Å². The molecule has 0 spiro atoms. The van der Waals surface area contributed by atoms with Gasteiger partial charge in [0, 0.05) is 57.7 Å². The molecule has 0 bridgehead atoms. The average Bonchev–Trinajstić information content (AvgIpc) is 3.15. The SMILES string of the molecule is Cc1cc(N2CCN(C(=O)C3(CN)CCOCC3)CC2)n2ncnc2n1.Cl.Cl. The first kappa shape index (κ1) is 22.6. The summed E-state index contributed by atoms with van der Waals surface area (Å²) in [5.41, 5.74) is 6.45. The summed E-state index contributed by atoms with van der Waals surface area (Å²) >= 11 is 0. The molecule has 156 valence electrons. The maximum atomic E-state index is 13.1. The Labute approximate surface area is 176 Å². The van der Waals surface area contributed by atoms with E-state index < -0.39 is 5.41 Å². The van der Waals surface area contributed by atoms with Gasteiger partial charge < -0.3 is 20.3 Å². The van der Waals surface area contributed by atoms with E-state index in [1.165, 1.54) is 6.33 Å². The highest BCUT2D eigenvalue weighted by atomic mass is 35.5. The van der Waals surface area contributed by atoms with Crippen LogP contribution in [0, 0.1) is 12.3 Å². The van der Waals surface area contributed by atoms with Crippen molar-refractivity contribution < 1.29 is 9.53 Å². The van der Waals surface area contributed by atoms with E-state index in [1.54, 1.807) is 4.52 Å². The number of ether oxygens (including phenoxy) is 1. The molecular weight excluding hydrogens is 405 g/mol. The van der Waals surface area contributed by atoms with Gasteiger partial charge >= 0.3 is 0 Å². The van der Waals surface area contributed by atoms with Crippen LogP contribution in [0.2, 0.25) is 0 Å². The van der Waals surface area contributed by atoms with Gasteiger partial charge in [0.05, 0.1) is 5.41 Å². The third kappa shape index (κ3) is 4.03. The lowest BCUT2D eigenvalue weighted by Crippen LogP contribution is -2.56. The first-order valence-corrected chi connectivity index (χ1v) is 9.12. The van der Waals surface area contributed by atoms with Gasteiger partial charge in [-0.2, -0.15) is 14.6 Å². The largest absolute Gasteiger partial charge is 0.381 e. The van der Waals surface area contributed by atoms with Crippen LogP contribution in [-0.2, 0) is 9.53 Å². The third-order valence-corrected chi connectivity index (χ3v) is 5.55. The molecule has 11 heteroatoms. The van der Waals surface area contributed by atoms with Crippen LogP contribution in [0.4, 0.5) is 5.82 Å². The standard InChI is InChI=1S/C17H25N7O2.2ClH/c1-13-10-14(24-16(21-13)19-12-20-24)22-4-6-23(7-5-22)15(25)17(11-18)2-8-26-9-3-17;;/h10,12H,2-9,11,18H2,1H3;2*1H. The molecule has 0 aliphatic carbocycles. The van der Waals surface area contributed by atoms with E-state index in [4.69, 9.17) is 10.5 Å². The van der Waals surface area contributed by atoms with Crippen molar-refractivity contribution in [3.05, 3.63) is 18.1 Å². The fourth-order valence-electron chi connectivity index (χ4n) is 3.88. The van der Waals surface area contributed by atoms with Crippen molar-refractivity contribution in [1.29, 1.82) is 0 Å². The second-order valence-corrected chi connectivity index (χ2v) is 7.10. The number of rotatable bonds is 3. The highest BCUT2D eigenvalue weighted by Gasteiger charge is 2.42. The van der Waals surface area contributed by atoms with Gasteiger partial charge in [-0.1, -0.05) is 0 Å². The zero-order valence-electron chi connectivity index (χ0n) is 15.9. The molecule has 1 amide bonds. The van der Waals surface area contributed by atoms with E-state index in [1.807, 2.05) is 17.9 Å². The van der Waals surface area contributed by atoms with Crippen LogP contribution < -0.4 is 10.6 Å². The molecule has 2 N–H and O–H groups in total. The second kappa shape index (κ2) is 9.21. The van der Waals surface area contributed by atoms with Crippen LogP contribution in [0.3, 0.4) is 0 Å². The Hall–Kier alpha value is -1.68. The van der Waals surface area contributed by atoms with Crippen LogP contribution in [0.1, 0.15) is 18.5 Å². The predicted molar refractivity (Wildman–Crippen MR) is 110 cm³/mol. The Morgan fingerprint density at radius 2 is 1.89 bits per heavy atom. The van der Waals surface area contributed by atoms with Gasteiger partial charge in [0.15, 0.2) is 0 Å². The van der Waals surface area contributed by atoms with Gasteiger partial charge in [-0.05, 0) is 19.8 Å². The lowest BCUT2D eigenvalue weighted by molar-refractivity contribution is -0.147. The fourth-order valence-corrected chi connectivity index (χ4v) is 3.88. The molecule has 2 aromatic rings. The minimum Gasteiger partial charge on any atom is -0.381 e. The van der Waals surface area contributed by atoms with Gasteiger partial charge in [-0.25, -0.2) is 4.98 Å². The summed E-state index contributed by atoms with van der Waals surface area (Å²) in [5, 5.41) is 4.28. The van der Waals surface area contributed by atoms with Crippen LogP contribution in [0.5, 0.6) is 0 Å². The summed E-state index contributed by atoms with van der Waals surface area (Å²) in [6.45, 7) is 6.43. The topological polar surface area (TPSA) is 102 Å². The van der Waals surface area contributed by atoms with Crippen molar-refractivity contribution in [2.75, 3.05) is 50.8 Å². The number of aromatic nitrogens is 4. The van der Waals surface area contributed by atoms with E-state index >= 15 is 0 Å². The van der Waals surface area contributed by atoms with Crippen molar-refractivity contribution in [3.63, 3.8) is 0 Å². The number of nitrogens with zero attached hydrogens (tertiary/aromatic N) is 6. The van der Waals surface area contributed by atoms with Crippen LogP contribution in [0.15, 0.2) is 12.4 Å². The maximum Gasteiger partial charge on any atom is 0.254 e. The van der Waals surface area contributed by atoms with Crippen molar-refractivity contribution in [3.8, 4) is 0 Å². The Balaban J connectivity index is 0.00000140. The molecule has 0 radical (unpaired) electrons. The number of carbonyl (C=O) groups is 1. The predicted octanol–water partition coefficient (Wildman–Crippen LogP) is 0.680. The number of fused-ring (bicyclic) bond motifs is 1. The average molecular weight is 432 g/mol. The normalized spacial score (nSPS) is 19.1. The van der Waals surface area contributed by atoms with Gasteiger partial charge in [-0.15, -0.1) is 24.8 Å². The molecule has 2 aliphatic rings. The highest BCUT2D eigenvalue weighted by molar-refractivity contribution is 5.85. The number of anilines is 1. The molecule has 0 aromatic carbocycles. The van der Waals surface area contributed by atoms with E-state index in [0.717, 1.165) is 24.6 Å². The van der Waals surface area contributed by atoms with Crippen LogP contribution in [-0.4, -0.2) is 76.3 Å². The minimum atomic E-state index is -0.452. The van der Waals surface area contributed by atoms with E-state index in [0.29, 0.717) is 51.5 Å². The van der Waals surface area contributed by atoms with Crippen molar-refractivity contribution in [2.45, 2.75) is 19.8 Å². The summed E-state index contributed by atoms with van der Waals surface area (Å²) in [5.74, 6) is 1.75. The lowest BCUT2D eigenvalue weighted by atomic mass is 9.78. The quantitative estimate of drug-likeness (QED) is 0.761. The number of carbonyl (C=O) groups excluding carboxylic acids is 1. The summed E-state index contributed by atoms with van der Waals surface area (Å²) < 4.78 is 7.18. The van der Waals surface area contributed by atoms with Crippen molar-refractivity contribution in [1.82, 2.24) is 24.5 Å².